The monoisotopic (exact) mass is 313 g/mol. The third kappa shape index (κ3) is 2.70. The number of hydrogen-bond donors (Lipinski definition) is 1. The lowest BCUT2D eigenvalue weighted by atomic mass is 10.1. The first-order valence-electron chi connectivity index (χ1n) is 6.88. The van der Waals surface area contributed by atoms with E-state index in [1.165, 1.54) is 0 Å². The zero-order valence-electron chi connectivity index (χ0n) is 12.1. The Kier molecular flexibility index (Phi) is 4.13. The second-order valence-corrected chi connectivity index (χ2v) is 5.24. The van der Waals surface area contributed by atoms with Gasteiger partial charge in [-0.25, -0.2) is 0 Å². The van der Waals surface area contributed by atoms with Crippen molar-refractivity contribution in [1.29, 1.82) is 0 Å². The molecular formula is C16H15N3O2S. The summed E-state index contributed by atoms with van der Waals surface area (Å²) in [6, 6.07) is 11.3. The van der Waals surface area contributed by atoms with Crippen LogP contribution in [-0.2, 0) is 11.3 Å². The van der Waals surface area contributed by atoms with Crippen molar-refractivity contribution in [3.63, 3.8) is 0 Å². The van der Waals surface area contributed by atoms with E-state index in [4.69, 9.17) is 17.0 Å². The van der Waals surface area contributed by atoms with Crippen LogP contribution in [0.15, 0.2) is 47.4 Å². The summed E-state index contributed by atoms with van der Waals surface area (Å²) >= 11 is 5.29. The van der Waals surface area contributed by atoms with Gasteiger partial charge in [0.2, 0.25) is 0 Å². The van der Waals surface area contributed by atoms with Gasteiger partial charge in [0.05, 0.1) is 17.8 Å². The predicted molar refractivity (Wildman–Crippen MR) is 88.5 cm³/mol. The van der Waals surface area contributed by atoms with Gasteiger partial charge in [-0.3, -0.25) is 14.8 Å². The average molecular weight is 313 g/mol. The minimum atomic E-state index is -0.221. The molecule has 1 N–H and O–H groups in total. The number of hydrogen-bond acceptors (Lipinski definition) is 4. The van der Waals surface area contributed by atoms with Gasteiger partial charge in [-0.05, 0) is 18.3 Å². The number of methoxy groups -OCH3 is 1. The summed E-state index contributed by atoms with van der Waals surface area (Å²) in [4.78, 5) is 19.0. The number of para-hydroxylation sites is 1. The van der Waals surface area contributed by atoms with Gasteiger partial charge < -0.3 is 9.30 Å². The lowest BCUT2D eigenvalue weighted by Crippen LogP contribution is -2.17. The van der Waals surface area contributed by atoms with E-state index in [-0.39, 0.29) is 5.56 Å². The number of fused-ring (bicyclic) bond motifs is 1. The van der Waals surface area contributed by atoms with E-state index < -0.39 is 0 Å². The third-order valence-electron chi connectivity index (χ3n) is 3.46. The molecule has 2 heterocycles. The number of aromatic amines is 1. The van der Waals surface area contributed by atoms with E-state index in [1.54, 1.807) is 19.4 Å². The Morgan fingerprint density at radius 3 is 2.95 bits per heavy atom. The van der Waals surface area contributed by atoms with Gasteiger partial charge in [0.15, 0.2) is 4.77 Å². The molecule has 0 spiro atoms. The van der Waals surface area contributed by atoms with Crippen molar-refractivity contribution in [3.05, 3.63) is 57.7 Å². The van der Waals surface area contributed by atoms with E-state index in [0.717, 1.165) is 22.2 Å². The molecule has 1 aromatic carbocycles. The van der Waals surface area contributed by atoms with Crippen molar-refractivity contribution in [3.8, 4) is 11.3 Å². The van der Waals surface area contributed by atoms with Crippen molar-refractivity contribution in [2.45, 2.75) is 6.54 Å². The molecule has 112 valence electrons. The standard InChI is InChI=1S/C16H15N3O2S/c1-21-9-8-19-13(10-14(20)18-16(19)22)12-6-2-4-11-5-3-7-17-15(11)12/h2-7,10H,8-9H2,1H3,(H,18,20,22). The van der Waals surface area contributed by atoms with Gasteiger partial charge in [0.25, 0.3) is 5.56 Å². The Labute approximate surface area is 132 Å². The van der Waals surface area contributed by atoms with E-state index in [9.17, 15) is 4.79 Å². The first-order chi connectivity index (χ1) is 10.7. The normalized spacial score (nSPS) is 11.0. The number of H-pyrrole nitrogens is 1. The molecule has 0 fully saturated rings. The van der Waals surface area contributed by atoms with Crippen molar-refractivity contribution >= 4 is 23.1 Å². The van der Waals surface area contributed by atoms with E-state index >= 15 is 0 Å². The van der Waals surface area contributed by atoms with Crippen molar-refractivity contribution < 1.29 is 4.74 Å². The van der Waals surface area contributed by atoms with Crippen LogP contribution in [0.3, 0.4) is 0 Å². The van der Waals surface area contributed by atoms with Crippen LogP contribution in [0.2, 0.25) is 0 Å². The van der Waals surface area contributed by atoms with Gasteiger partial charge in [-0.1, -0.05) is 24.3 Å². The fraction of sp³-hybridized carbons (Fsp3) is 0.188. The quantitative estimate of drug-likeness (QED) is 0.752. The Bertz CT molecular complexity index is 925. The molecular weight excluding hydrogens is 298 g/mol. The number of rotatable bonds is 4. The zero-order valence-corrected chi connectivity index (χ0v) is 12.9. The Hall–Kier alpha value is -2.31. The third-order valence-corrected chi connectivity index (χ3v) is 3.78. The SMILES string of the molecule is COCCn1c(-c2cccc3cccnc23)cc(=O)[nH]c1=S. The van der Waals surface area contributed by atoms with Crippen LogP contribution >= 0.6 is 12.2 Å². The summed E-state index contributed by atoms with van der Waals surface area (Å²) in [7, 11) is 1.63. The van der Waals surface area contributed by atoms with Gasteiger partial charge in [0, 0.05) is 36.9 Å². The van der Waals surface area contributed by atoms with Crippen LogP contribution in [0.4, 0.5) is 0 Å². The maximum atomic E-state index is 11.9. The molecule has 3 aromatic rings. The summed E-state index contributed by atoms with van der Waals surface area (Å²) in [6.07, 6.45) is 1.74. The highest BCUT2D eigenvalue weighted by Gasteiger charge is 2.10. The lowest BCUT2D eigenvalue weighted by Gasteiger charge is -2.14. The highest BCUT2D eigenvalue weighted by molar-refractivity contribution is 7.71. The molecule has 0 saturated heterocycles. The van der Waals surface area contributed by atoms with Crippen LogP contribution in [0.5, 0.6) is 0 Å². The molecule has 0 aliphatic carbocycles. The minimum absolute atomic E-state index is 0.221. The summed E-state index contributed by atoms with van der Waals surface area (Å²) in [5.74, 6) is 0. The maximum Gasteiger partial charge on any atom is 0.252 e. The molecule has 5 nitrogen and oxygen atoms in total. The summed E-state index contributed by atoms with van der Waals surface area (Å²) in [5.41, 5.74) is 2.25. The molecule has 6 heteroatoms. The Morgan fingerprint density at radius 2 is 2.14 bits per heavy atom. The van der Waals surface area contributed by atoms with Gasteiger partial charge in [-0.2, -0.15) is 0 Å². The van der Waals surface area contributed by atoms with Crippen molar-refractivity contribution in [1.82, 2.24) is 14.5 Å². The Morgan fingerprint density at radius 1 is 1.32 bits per heavy atom. The number of aromatic nitrogens is 3. The maximum absolute atomic E-state index is 11.9. The smallest absolute Gasteiger partial charge is 0.252 e. The number of pyridine rings is 1. The topological polar surface area (TPSA) is 59.9 Å². The van der Waals surface area contributed by atoms with E-state index in [1.807, 2.05) is 34.9 Å². The number of ether oxygens (including phenoxy) is 1. The zero-order chi connectivity index (χ0) is 15.5. The van der Waals surface area contributed by atoms with Gasteiger partial charge in [0.1, 0.15) is 0 Å². The number of benzene rings is 1. The Balaban J connectivity index is 2.30. The van der Waals surface area contributed by atoms with Crippen LogP contribution in [-0.4, -0.2) is 28.3 Å². The highest BCUT2D eigenvalue weighted by atomic mass is 32.1. The van der Waals surface area contributed by atoms with E-state index in [2.05, 4.69) is 9.97 Å². The highest BCUT2D eigenvalue weighted by Crippen LogP contribution is 2.26. The van der Waals surface area contributed by atoms with Crippen molar-refractivity contribution in [2.24, 2.45) is 0 Å². The summed E-state index contributed by atoms with van der Waals surface area (Å²) in [5, 5.41) is 1.02. The largest absolute Gasteiger partial charge is 0.383 e. The summed E-state index contributed by atoms with van der Waals surface area (Å²) in [6.45, 7) is 1.07. The van der Waals surface area contributed by atoms with Gasteiger partial charge in [-0.15, -0.1) is 0 Å². The van der Waals surface area contributed by atoms with Crippen molar-refractivity contribution in [2.75, 3.05) is 13.7 Å². The molecule has 0 unspecified atom stereocenters. The van der Waals surface area contributed by atoms with Crippen LogP contribution < -0.4 is 5.56 Å². The average Bonchev–Trinajstić information content (AvgIpc) is 2.53. The first kappa shape index (κ1) is 14.6. The molecule has 22 heavy (non-hydrogen) atoms. The molecule has 3 rings (SSSR count). The molecule has 2 aromatic heterocycles. The van der Waals surface area contributed by atoms with E-state index in [0.29, 0.717) is 17.9 Å². The fourth-order valence-electron chi connectivity index (χ4n) is 2.46. The molecule has 0 radical (unpaired) electrons. The molecule has 0 bridgehead atoms. The molecule has 0 aliphatic heterocycles. The first-order valence-corrected chi connectivity index (χ1v) is 7.29. The molecule has 0 atom stereocenters. The van der Waals surface area contributed by atoms with Crippen LogP contribution in [0.1, 0.15) is 0 Å². The number of nitrogens with one attached hydrogen (secondary N) is 1. The second kappa shape index (κ2) is 6.21. The van der Waals surface area contributed by atoms with Gasteiger partial charge >= 0.3 is 0 Å². The molecule has 0 amide bonds. The van der Waals surface area contributed by atoms with Crippen LogP contribution in [0, 0.1) is 4.77 Å². The molecule has 0 aliphatic rings. The fourth-order valence-corrected chi connectivity index (χ4v) is 2.75. The number of nitrogens with zero attached hydrogens (tertiary/aromatic N) is 2. The molecule has 0 saturated carbocycles. The predicted octanol–water partition coefficient (Wildman–Crippen LogP) is 2.77. The second-order valence-electron chi connectivity index (χ2n) is 4.85. The van der Waals surface area contributed by atoms with Crippen LogP contribution in [0.25, 0.3) is 22.2 Å². The minimum Gasteiger partial charge on any atom is -0.383 e. The summed E-state index contributed by atoms with van der Waals surface area (Å²) < 4.78 is 7.38. The lowest BCUT2D eigenvalue weighted by molar-refractivity contribution is 0.187.